The summed E-state index contributed by atoms with van der Waals surface area (Å²) < 4.78 is 4.74. The number of methoxy groups -OCH3 is 1. The molecule has 82 valence electrons. The quantitative estimate of drug-likeness (QED) is 0.563. The van der Waals surface area contributed by atoms with Gasteiger partial charge in [-0.05, 0) is 0 Å². The van der Waals surface area contributed by atoms with Gasteiger partial charge in [0.1, 0.15) is 5.78 Å². The molecular formula is C11H15NO3. The fourth-order valence-electron chi connectivity index (χ4n) is 2.53. The molecule has 2 aliphatic rings. The molecule has 0 N–H and O–H groups in total. The second-order valence-electron chi connectivity index (χ2n) is 4.22. The molecule has 0 saturated carbocycles. The van der Waals surface area contributed by atoms with Crippen molar-refractivity contribution in [3.63, 3.8) is 0 Å². The molecule has 0 spiro atoms. The van der Waals surface area contributed by atoms with Crippen LogP contribution in [0, 0.1) is 11.8 Å². The SMILES string of the molecule is COC(=O)N1C2C=CC1[C@@H](C)C(=O)[C@H]2C. The molecule has 4 heteroatoms. The Labute approximate surface area is 88.9 Å². The number of hydrogen-bond donors (Lipinski definition) is 0. The van der Waals surface area contributed by atoms with Crippen molar-refractivity contribution in [2.45, 2.75) is 25.9 Å². The van der Waals surface area contributed by atoms with Crippen LogP contribution in [-0.2, 0) is 9.53 Å². The molecule has 0 aromatic rings. The van der Waals surface area contributed by atoms with Gasteiger partial charge < -0.3 is 4.74 Å². The Morgan fingerprint density at radius 1 is 1.27 bits per heavy atom. The standard InChI is InChI=1S/C11H15NO3/c1-6-8-4-5-9(7(2)10(6)13)12(8)11(14)15-3/h4-9H,1-3H3/t6-,7+,8?,9?. The van der Waals surface area contributed by atoms with Crippen LogP contribution in [-0.4, -0.2) is 36.0 Å². The van der Waals surface area contributed by atoms with Crippen LogP contribution in [0.3, 0.4) is 0 Å². The molecule has 2 rings (SSSR count). The molecule has 15 heavy (non-hydrogen) atoms. The number of amides is 1. The van der Waals surface area contributed by atoms with Crippen LogP contribution in [0.1, 0.15) is 13.8 Å². The summed E-state index contributed by atoms with van der Waals surface area (Å²) in [6.07, 6.45) is 3.53. The number of Topliss-reactive ketones (excluding diaryl/α,β-unsaturated/α-hetero) is 1. The van der Waals surface area contributed by atoms with E-state index in [1.165, 1.54) is 7.11 Å². The first-order valence-corrected chi connectivity index (χ1v) is 5.16. The molecule has 1 saturated heterocycles. The van der Waals surface area contributed by atoms with E-state index in [0.29, 0.717) is 0 Å². The van der Waals surface area contributed by atoms with Gasteiger partial charge in [-0.2, -0.15) is 0 Å². The fourth-order valence-corrected chi connectivity index (χ4v) is 2.53. The molecule has 2 unspecified atom stereocenters. The van der Waals surface area contributed by atoms with Gasteiger partial charge in [-0.3, -0.25) is 9.69 Å². The minimum atomic E-state index is -0.346. The van der Waals surface area contributed by atoms with Crippen LogP contribution in [0.5, 0.6) is 0 Å². The first kappa shape index (κ1) is 10.2. The summed E-state index contributed by atoms with van der Waals surface area (Å²) in [5, 5.41) is 0. The van der Waals surface area contributed by atoms with Gasteiger partial charge in [-0.25, -0.2) is 4.79 Å². The van der Waals surface area contributed by atoms with E-state index in [9.17, 15) is 9.59 Å². The third-order valence-corrected chi connectivity index (χ3v) is 3.46. The summed E-state index contributed by atoms with van der Waals surface area (Å²) in [4.78, 5) is 25.1. The minimum Gasteiger partial charge on any atom is -0.453 e. The normalized spacial score (nSPS) is 38.3. The Balaban J connectivity index is 2.32. The monoisotopic (exact) mass is 209 g/mol. The van der Waals surface area contributed by atoms with Gasteiger partial charge >= 0.3 is 6.09 Å². The maximum atomic E-state index is 11.8. The molecule has 2 bridgehead atoms. The predicted molar refractivity (Wildman–Crippen MR) is 54.3 cm³/mol. The Morgan fingerprint density at radius 2 is 1.73 bits per heavy atom. The van der Waals surface area contributed by atoms with E-state index in [-0.39, 0.29) is 35.8 Å². The Hall–Kier alpha value is -1.32. The lowest BCUT2D eigenvalue weighted by Crippen LogP contribution is -2.55. The van der Waals surface area contributed by atoms with Crippen LogP contribution in [0.4, 0.5) is 4.79 Å². The van der Waals surface area contributed by atoms with Gasteiger partial charge in [-0.15, -0.1) is 0 Å². The van der Waals surface area contributed by atoms with E-state index in [1.54, 1.807) is 4.90 Å². The summed E-state index contributed by atoms with van der Waals surface area (Å²) in [6.45, 7) is 3.73. The molecule has 1 fully saturated rings. The molecule has 0 radical (unpaired) electrons. The van der Waals surface area contributed by atoms with Crippen molar-refractivity contribution in [3.8, 4) is 0 Å². The Bertz CT molecular complexity index is 315. The van der Waals surface area contributed by atoms with E-state index in [4.69, 9.17) is 4.74 Å². The van der Waals surface area contributed by atoms with Crippen LogP contribution < -0.4 is 0 Å². The van der Waals surface area contributed by atoms with Crippen molar-refractivity contribution < 1.29 is 14.3 Å². The number of ketones is 1. The number of carbonyl (C=O) groups excluding carboxylic acids is 2. The second kappa shape index (κ2) is 3.36. The van der Waals surface area contributed by atoms with Crippen molar-refractivity contribution >= 4 is 11.9 Å². The number of hydrogen-bond acceptors (Lipinski definition) is 3. The highest BCUT2D eigenvalue weighted by atomic mass is 16.5. The Morgan fingerprint density at radius 3 is 2.13 bits per heavy atom. The zero-order valence-electron chi connectivity index (χ0n) is 9.14. The molecule has 0 aromatic carbocycles. The van der Waals surface area contributed by atoms with E-state index in [1.807, 2.05) is 26.0 Å². The summed E-state index contributed by atoms with van der Waals surface area (Å²) in [5.74, 6) is -0.0293. The van der Waals surface area contributed by atoms with Gasteiger partial charge in [0.05, 0.1) is 19.2 Å². The highest BCUT2D eigenvalue weighted by Gasteiger charge is 2.48. The third kappa shape index (κ3) is 1.28. The zero-order chi connectivity index (χ0) is 11.2. The summed E-state index contributed by atoms with van der Waals surface area (Å²) in [6, 6.07) is -0.239. The first-order valence-electron chi connectivity index (χ1n) is 5.16. The van der Waals surface area contributed by atoms with Crippen molar-refractivity contribution in [3.05, 3.63) is 12.2 Å². The summed E-state index contributed by atoms with van der Waals surface area (Å²) in [7, 11) is 1.37. The Kier molecular flexibility index (Phi) is 2.29. The largest absolute Gasteiger partial charge is 0.453 e. The number of ether oxygens (including phenoxy) is 1. The number of carbonyl (C=O) groups is 2. The van der Waals surface area contributed by atoms with Crippen molar-refractivity contribution in [2.75, 3.05) is 7.11 Å². The maximum absolute atomic E-state index is 11.8. The van der Waals surface area contributed by atoms with Gasteiger partial charge in [0.25, 0.3) is 0 Å². The highest BCUT2D eigenvalue weighted by molar-refractivity contribution is 5.88. The highest BCUT2D eigenvalue weighted by Crippen LogP contribution is 2.35. The van der Waals surface area contributed by atoms with Crippen molar-refractivity contribution in [2.24, 2.45) is 11.8 Å². The summed E-state index contributed by atoms with van der Waals surface area (Å²) in [5.41, 5.74) is 0. The smallest absolute Gasteiger partial charge is 0.410 e. The number of rotatable bonds is 0. The minimum absolute atomic E-state index is 0.119. The molecule has 2 aliphatic heterocycles. The first-order chi connectivity index (χ1) is 7.07. The van der Waals surface area contributed by atoms with Gasteiger partial charge in [-0.1, -0.05) is 26.0 Å². The van der Waals surface area contributed by atoms with Crippen molar-refractivity contribution in [1.29, 1.82) is 0 Å². The molecule has 1 amide bonds. The van der Waals surface area contributed by atoms with Crippen LogP contribution in [0.25, 0.3) is 0 Å². The topological polar surface area (TPSA) is 46.6 Å². The lowest BCUT2D eigenvalue weighted by molar-refractivity contribution is -0.132. The van der Waals surface area contributed by atoms with Crippen LogP contribution >= 0.6 is 0 Å². The van der Waals surface area contributed by atoms with Gasteiger partial charge in [0.15, 0.2) is 0 Å². The molecule has 4 atom stereocenters. The van der Waals surface area contributed by atoms with Gasteiger partial charge in [0, 0.05) is 11.8 Å². The second-order valence-corrected chi connectivity index (χ2v) is 4.22. The lowest BCUT2D eigenvalue weighted by Gasteiger charge is -2.40. The average molecular weight is 209 g/mol. The summed E-state index contributed by atoms with van der Waals surface area (Å²) >= 11 is 0. The third-order valence-electron chi connectivity index (χ3n) is 3.46. The van der Waals surface area contributed by atoms with E-state index in [0.717, 1.165) is 0 Å². The van der Waals surface area contributed by atoms with E-state index in [2.05, 4.69) is 0 Å². The van der Waals surface area contributed by atoms with Gasteiger partial charge in [0.2, 0.25) is 0 Å². The zero-order valence-corrected chi connectivity index (χ0v) is 9.14. The van der Waals surface area contributed by atoms with Crippen LogP contribution in [0.15, 0.2) is 12.2 Å². The van der Waals surface area contributed by atoms with E-state index >= 15 is 0 Å². The molecule has 4 nitrogen and oxygen atoms in total. The molecule has 0 aliphatic carbocycles. The van der Waals surface area contributed by atoms with Crippen molar-refractivity contribution in [1.82, 2.24) is 4.90 Å². The number of nitrogens with zero attached hydrogens (tertiary/aromatic N) is 1. The van der Waals surface area contributed by atoms with E-state index < -0.39 is 0 Å². The fraction of sp³-hybridized carbons (Fsp3) is 0.636. The molecule has 2 heterocycles. The molecule has 0 aromatic heterocycles. The number of fused-ring (bicyclic) bond motifs is 2. The lowest BCUT2D eigenvalue weighted by atomic mass is 9.83. The van der Waals surface area contributed by atoms with Crippen LogP contribution in [0.2, 0.25) is 0 Å². The molecular weight excluding hydrogens is 194 g/mol. The predicted octanol–water partition coefficient (Wildman–Crippen LogP) is 1.22. The average Bonchev–Trinajstić information content (AvgIpc) is 2.64. The number of piperidine rings is 1. The maximum Gasteiger partial charge on any atom is 0.410 e.